The molecule has 0 aliphatic carbocycles. The molecule has 4 fully saturated rings. The molecule has 0 bridgehead atoms. The smallest absolute Gasteiger partial charge is 0.192 e. The third kappa shape index (κ3) is 14.4. The summed E-state index contributed by atoms with van der Waals surface area (Å²) >= 11 is 0. The van der Waals surface area contributed by atoms with Gasteiger partial charge in [0.15, 0.2) is 32.8 Å². The van der Waals surface area contributed by atoms with Crippen LogP contribution >= 0.6 is 0 Å². The van der Waals surface area contributed by atoms with Crippen molar-refractivity contribution in [3.05, 3.63) is 54.1 Å². The number of sulfone groups is 1. The van der Waals surface area contributed by atoms with E-state index in [2.05, 4.69) is 109 Å². The average Bonchev–Trinajstić information content (AvgIpc) is 3.73. The van der Waals surface area contributed by atoms with E-state index >= 15 is 0 Å². The third-order valence-corrected chi connectivity index (χ3v) is 26.6. The van der Waals surface area contributed by atoms with Crippen molar-refractivity contribution in [3.63, 3.8) is 0 Å². The summed E-state index contributed by atoms with van der Waals surface area (Å²) in [6.45, 7) is 42.1. The van der Waals surface area contributed by atoms with Crippen molar-refractivity contribution < 1.29 is 45.7 Å². The molecule has 0 amide bonds. The fraction of sp³-hybridized carbons (Fsp3) is 0.808. The zero-order valence-corrected chi connectivity index (χ0v) is 46.1. The SMILES string of the molecule is C=C1C[C@H](CCC2OCC(C)(C)CO2)O[C@H]1CC[C@H]1C[C@@H](C)C(=C)[C@@H](C[C@@H]2O[C@H](CC(CO[Si](C)(C)C(C)(C)C)O[Si](C)(C)C(C)(C)C)[C@H](OC)[C@H]2CS(=O)(=O)c2ccc(CC)cc2)O1. The van der Waals surface area contributed by atoms with Crippen LogP contribution in [0.2, 0.25) is 36.3 Å². The largest absolute Gasteiger partial charge is 0.414 e. The lowest BCUT2D eigenvalue weighted by Crippen LogP contribution is -2.49. The lowest BCUT2D eigenvalue weighted by atomic mass is 9.83. The van der Waals surface area contributed by atoms with Gasteiger partial charge in [-0.25, -0.2) is 8.42 Å². The maximum absolute atomic E-state index is 14.4. The molecule has 0 radical (unpaired) electrons. The Bertz CT molecular complexity index is 1820. The van der Waals surface area contributed by atoms with Crippen LogP contribution in [0.5, 0.6) is 0 Å². The molecule has 65 heavy (non-hydrogen) atoms. The Morgan fingerprint density at radius 2 is 1.43 bits per heavy atom. The standard InChI is InChI=1S/C52H90O10SSi2/c1-18-38-19-23-42(24-20-38)63(53,54)32-43-46(61-47(49(43)55-13)29-41(62-65(16,17)51(8,9)10)31-58-64(14,15)50(5,6)7)30-45-37(4)35(2)27-39(60-45)21-25-44-36(3)28-40(59-44)22-26-48-56-33-52(11,12)34-57-48/h19-20,23-24,35,39-41,43-49H,3-4,18,21-22,25-34H2,1-2,5-17H3/t35-,39+,40+,41?,43+,44+,45-,46+,47-,49-/m1/s1. The molecule has 0 saturated carbocycles. The van der Waals surface area contributed by atoms with Crippen molar-refractivity contribution >= 4 is 26.5 Å². The number of aryl methyl sites for hydroxylation is 1. The molecule has 4 heterocycles. The summed E-state index contributed by atoms with van der Waals surface area (Å²) in [6.07, 6.45) is 4.87. The van der Waals surface area contributed by atoms with Crippen molar-refractivity contribution in [3.8, 4) is 0 Å². The van der Waals surface area contributed by atoms with Crippen molar-refractivity contribution in [2.24, 2.45) is 17.3 Å². The van der Waals surface area contributed by atoms with Gasteiger partial charge in [0, 0.05) is 37.7 Å². The predicted octanol–water partition coefficient (Wildman–Crippen LogP) is 11.6. The van der Waals surface area contributed by atoms with Crippen LogP contribution < -0.4 is 0 Å². The number of rotatable bonds is 20. The molecule has 4 saturated heterocycles. The molecule has 0 spiro atoms. The van der Waals surface area contributed by atoms with Gasteiger partial charge in [-0.15, -0.1) is 0 Å². The molecular formula is C52H90O10SSi2. The van der Waals surface area contributed by atoms with E-state index in [1.54, 1.807) is 19.2 Å². The predicted molar refractivity (Wildman–Crippen MR) is 267 cm³/mol. The van der Waals surface area contributed by atoms with E-state index in [0.717, 1.165) is 61.7 Å². The Morgan fingerprint density at radius 1 is 0.831 bits per heavy atom. The molecule has 1 aromatic rings. The van der Waals surface area contributed by atoms with E-state index in [1.165, 1.54) is 0 Å². The molecule has 4 aliphatic heterocycles. The number of methoxy groups -OCH3 is 1. The van der Waals surface area contributed by atoms with Crippen molar-refractivity contribution in [1.29, 1.82) is 0 Å². The molecule has 4 aliphatic rings. The summed E-state index contributed by atoms with van der Waals surface area (Å²) in [5.41, 5.74) is 3.31. The topological polar surface area (TPSA) is 108 Å². The van der Waals surface area contributed by atoms with Gasteiger partial charge in [-0.3, -0.25) is 0 Å². The second-order valence-electron chi connectivity index (χ2n) is 23.8. The van der Waals surface area contributed by atoms with E-state index in [0.29, 0.717) is 37.6 Å². The third-order valence-electron chi connectivity index (χ3n) is 15.8. The van der Waals surface area contributed by atoms with Crippen LogP contribution in [0.4, 0.5) is 0 Å². The molecule has 10 nitrogen and oxygen atoms in total. The summed E-state index contributed by atoms with van der Waals surface area (Å²) in [4.78, 5) is 0.318. The van der Waals surface area contributed by atoms with Gasteiger partial charge in [0.25, 0.3) is 0 Å². The van der Waals surface area contributed by atoms with Gasteiger partial charge in [-0.05, 0) is 110 Å². The zero-order valence-electron chi connectivity index (χ0n) is 43.3. The van der Waals surface area contributed by atoms with Crippen LogP contribution in [0.3, 0.4) is 0 Å². The molecule has 1 unspecified atom stereocenters. The maximum Gasteiger partial charge on any atom is 0.192 e. The Kier molecular flexibility index (Phi) is 18.4. The summed E-state index contributed by atoms with van der Waals surface area (Å²) in [5, 5.41) is 0.0109. The van der Waals surface area contributed by atoms with Gasteiger partial charge in [0.05, 0.1) is 79.3 Å². The van der Waals surface area contributed by atoms with Crippen molar-refractivity contribution in [2.75, 3.05) is 32.7 Å². The summed E-state index contributed by atoms with van der Waals surface area (Å²) < 4.78 is 81.7. The Balaban J connectivity index is 1.33. The Hall–Kier alpha value is -1.24. The lowest BCUT2D eigenvalue weighted by molar-refractivity contribution is -0.225. The highest BCUT2D eigenvalue weighted by Gasteiger charge is 2.51. The lowest BCUT2D eigenvalue weighted by Gasteiger charge is -2.42. The molecule has 372 valence electrons. The van der Waals surface area contributed by atoms with Gasteiger partial charge in [-0.2, -0.15) is 0 Å². The second kappa shape index (κ2) is 21.8. The van der Waals surface area contributed by atoms with E-state index in [-0.39, 0.29) is 64.0 Å². The van der Waals surface area contributed by atoms with Gasteiger partial charge in [0.1, 0.15) is 0 Å². The number of hydrogen-bond donors (Lipinski definition) is 0. The molecule has 0 aromatic heterocycles. The van der Waals surface area contributed by atoms with Gasteiger partial charge in [0.2, 0.25) is 0 Å². The van der Waals surface area contributed by atoms with E-state index in [1.807, 2.05) is 12.1 Å². The van der Waals surface area contributed by atoms with Crippen molar-refractivity contribution in [2.45, 2.75) is 223 Å². The quantitative estimate of drug-likeness (QED) is 0.0926. The minimum absolute atomic E-state index is 0.00659. The summed E-state index contributed by atoms with van der Waals surface area (Å²) in [6, 6.07) is 7.30. The highest BCUT2D eigenvalue weighted by atomic mass is 32.2. The maximum atomic E-state index is 14.4. The zero-order chi connectivity index (χ0) is 48.3. The van der Waals surface area contributed by atoms with Crippen LogP contribution in [0.25, 0.3) is 0 Å². The molecule has 10 atom stereocenters. The van der Waals surface area contributed by atoms with Crippen LogP contribution in [-0.2, 0) is 53.5 Å². The highest BCUT2D eigenvalue weighted by Crippen LogP contribution is 2.44. The van der Waals surface area contributed by atoms with E-state index < -0.39 is 50.7 Å². The monoisotopic (exact) mass is 963 g/mol. The van der Waals surface area contributed by atoms with E-state index in [9.17, 15) is 8.42 Å². The minimum atomic E-state index is -3.71. The number of benzene rings is 1. The fourth-order valence-electron chi connectivity index (χ4n) is 9.28. The van der Waals surface area contributed by atoms with Gasteiger partial charge < -0.3 is 37.3 Å². The first kappa shape index (κ1) is 54.7. The van der Waals surface area contributed by atoms with Crippen LogP contribution in [0.1, 0.15) is 126 Å². The molecular weight excluding hydrogens is 873 g/mol. The first-order valence-corrected chi connectivity index (χ1v) is 32.2. The number of hydrogen-bond acceptors (Lipinski definition) is 10. The fourth-order valence-corrected chi connectivity index (χ4v) is 13.3. The minimum Gasteiger partial charge on any atom is -0.414 e. The summed E-state index contributed by atoms with van der Waals surface area (Å²) in [5.74, 6) is -0.334. The Labute approximate surface area is 397 Å². The normalized spacial score (nSPS) is 30.3. The van der Waals surface area contributed by atoms with Gasteiger partial charge >= 0.3 is 0 Å². The number of ether oxygens (including phenoxy) is 6. The van der Waals surface area contributed by atoms with Crippen LogP contribution in [0.15, 0.2) is 53.5 Å². The summed E-state index contributed by atoms with van der Waals surface area (Å²) in [7, 11) is -6.41. The van der Waals surface area contributed by atoms with Crippen LogP contribution in [-0.4, -0.2) is 113 Å². The first-order valence-electron chi connectivity index (χ1n) is 24.8. The molecule has 13 heteroatoms. The highest BCUT2D eigenvalue weighted by molar-refractivity contribution is 7.91. The average molecular weight is 964 g/mol. The van der Waals surface area contributed by atoms with Gasteiger partial charge in [-0.1, -0.05) is 94.5 Å². The van der Waals surface area contributed by atoms with Crippen molar-refractivity contribution in [1.82, 2.24) is 0 Å². The Morgan fingerprint density at radius 3 is 2.02 bits per heavy atom. The molecule has 0 N–H and O–H groups in total. The first-order chi connectivity index (χ1) is 30.0. The molecule has 5 rings (SSSR count). The second-order valence-corrected chi connectivity index (χ2v) is 35.4. The van der Waals surface area contributed by atoms with Crippen LogP contribution in [0, 0.1) is 17.3 Å². The van der Waals surface area contributed by atoms with E-state index in [4.69, 9.17) is 37.3 Å². The molecule has 1 aromatic carbocycles.